The number of benzene rings is 1. The Morgan fingerprint density at radius 3 is 2.70 bits per heavy atom. The highest BCUT2D eigenvalue weighted by molar-refractivity contribution is 7.10. The minimum absolute atomic E-state index is 0.0632. The van der Waals surface area contributed by atoms with Crippen molar-refractivity contribution in [2.75, 3.05) is 11.9 Å². The third-order valence-corrected chi connectivity index (χ3v) is 6.06. The van der Waals surface area contributed by atoms with Gasteiger partial charge in [-0.15, -0.1) is 11.3 Å². The van der Waals surface area contributed by atoms with E-state index in [1.165, 1.54) is 35.3 Å². The van der Waals surface area contributed by atoms with Gasteiger partial charge in [0, 0.05) is 36.5 Å². The molecule has 0 bridgehead atoms. The van der Waals surface area contributed by atoms with E-state index in [1.807, 2.05) is 17.0 Å². The molecule has 2 amide bonds. The second-order valence-corrected chi connectivity index (χ2v) is 8.14. The zero-order valence-electron chi connectivity index (χ0n) is 16.0. The maximum absolute atomic E-state index is 12.4. The van der Waals surface area contributed by atoms with Crippen molar-refractivity contribution in [3.8, 4) is 0 Å². The highest BCUT2D eigenvalue weighted by Gasteiger charge is 2.21. The fourth-order valence-corrected chi connectivity index (χ4v) is 4.29. The molecular formula is C22H28N2O2S. The summed E-state index contributed by atoms with van der Waals surface area (Å²) in [5.41, 5.74) is 3.35. The number of hydrogen-bond acceptors (Lipinski definition) is 3. The SMILES string of the molecule is CCCCCc1ccc(NC(=O)CCC(=O)N2CCc3sccc3C2)cc1. The molecule has 3 rings (SSSR count). The lowest BCUT2D eigenvalue weighted by Crippen LogP contribution is -2.35. The van der Waals surface area contributed by atoms with Crippen LogP contribution >= 0.6 is 11.3 Å². The van der Waals surface area contributed by atoms with Crippen molar-refractivity contribution in [1.29, 1.82) is 0 Å². The number of rotatable bonds is 8. The fourth-order valence-electron chi connectivity index (χ4n) is 3.40. The van der Waals surface area contributed by atoms with Gasteiger partial charge in [-0.05, 0) is 54.0 Å². The number of aryl methyl sites for hydroxylation is 1. The monoisotopic (exact) mass is 384 g/mol. The molecule has 0 atom stereocenters. The summed E-state index contributed by atoms with van der Waals surface area (Å²) in [6, 6.07) is 10.1. The zero-order chi connectivity index (χ0) is 19.1. The third-order valence-electron chi connectivity index (χ3n) is 5.03. The van der Waals surface area contributed by atoms with Crippen molar-refractivity contribution in [1.82, 2.24) is 4.90 Å². The van der Waals surface area contributed by atoms with Crippen LogP contribution in [0.3, 0.4) is 0 Å². The Hall–Kier alpha value is -2.14. The summed E-state index contributed by atoms with van der Waals surface area (Å²) >= 11 is 1.76. The molecule has 4 nitrogen and oxygen atoms in total. The van der Waals surface area contributed by atoms with Gasteiger partial charge in [0.2, 0.25) is 11.8 Å². The van der Waals surface area contributed by atoms with Crippen LogP contribution in [0.1, 0.15) is 55.0 Å². The second-order valence-electron chi connectivity index (χ2n) is 7.14. The Morgan fingerprint density at radius 1 is 1.11 bits per heavy atom. The molecule has 1 N–H and O–H groups in total. The Bertz CT molecular complexity index is 767. The highest BCUT2D eigenvalue weighted by atomic mass is 32.1. The molecular weight excluding hydrogens is 356 g/mol. The number of carbonyl (C=O) groups excluding carboxylic acids is 2. The number of carbonyl (C=O) groups is 2. The minimum atomic E-state index is -0.102. The Labute approximate surface area is 165 Å². The van der Waals surface area contributed by atoms with Crippen LogP contribution in [-0.2, 0) is 29.0 Å². The van der Waals surface area contributed by atoms with Crippen molar-refractivity contribution in [3.63, 3.8) is 0 Å². The largest absolute Gasteiger partial charge is 0.338 e. The Balaban J connectivity index is 1.41. The van der Waals surface area contributed by atoms with E-state index in [2.05, 4.69) is 35.8 Å². The van der Waals surface area contributed by atoms with Gasteiger partial charge >= 0.3 is 0 Å². The van der Waals surface area contributed by atoms with E-state index in [9.17, 15) is 9.59 Å². The second kappa shape index (κ2) is 9.70. The molecule has 0 radical (unpaired) electrons. The molecule has 0 spiro atoms. The van der Waals surface area contributed by atoms with E-state index in [1.54, 1.807) is 11.3 Å². The van der Waals surface area contributed by atoms with Gasteiger partial charge in [0.15, 0.2) is 0 Å². The van der Waals surface area contributed by atoms with Gasteiger partial charge in [-0.1, -0.05) is 31.9 Å². The lowest BCUT2D eigenvalue weighted by atomic mass is 10.1. The molecule has 0 saturated carbocycles. The van der Waals surface area contributed by atoms with Crippen LogP contribution in [0.25, 0.3) is 0 Å². The first kappa shape index (κ1) is 19.6. The van der Waals surface area contributed by atoms with Crippen LogP contribution in [0.2, 0.25) is 0 Å². The van der Waals surface area contributed by atoms with E-state index >= 15 is 0 Å². The zero-order valence-corrected chi connectivity index (χ0v) is 16.8. The summed E-state index contributed by atoms with van der Waals surface area (Å²) in [6.45, 7) is 3.64. The number of anilines is 1. The molecule has 1 aliphatic rings. The molecule has 0 aliphatic carbocycles. The van der Waals surface area contributed by atoms with Gasteiger partial charge in [0.1, 0.15) is 0 Å². The molecule has 2 aromatic rings. The number of nitrogens with zero attached hydrogens (tertiary/aromatic N) is 1. The van der Waals surface area contributed by atoms with Crippen molar-refractivity contribution >= 4 is 28.8 Å². The van der Waals surface area contributed by atoms with Gasteiger partial charge < -0.3 is 10.2 Å². The van der Waals surface area contributed by atoms with Crippen LogP contribution < -0.4 is 5.32 Å². The van der Waals surface area contributed by atoms with E-state index in [0.29, 0.717) is 6.54 Å². The average Bonchev–Trinajstić information content (AvgIpc) is 3.15. The van der Waals surface area contributed by atoms with E-state index < -0.39 is 0 Å². The minimum Gasteiger partial charge on any atom is -0.338 e. The van der Waals surface area contributed by atoms with E-state index in [4.69, 9.17) is 0 Å². The van der Waals surface area contributed by atoms with Gasteiger partial charge in [-0.25, -0.2) is 0 Å². The summed E-state index contributed by atoms with van der Waals surface area (Å²) < 4.78 is 0. The summed E-state index contributed by atoms with van der Waals surface area (Å²) in [6.07, 6.45) is 6.17. The van der Waals surface area contributed by atoms with Gasteiger partial charge in [0.25, 0.3) is 0 Å². The van der Waals surface area contributed by atoms with Crippen LogP contribution in [-0.4, -0.2) is 23.3 Å². The van der Waals surface area contributed by atoms with Gasteiger partial charge in [-0.2, -0.15) is 0 Å². The first-order chi connectivity index (χ1) is 13.2. The number of unbranched alkanes of at least 4 members (excludes halogenated alkanes) is 2. The molecule has 0 unspecified atom stereocenters. The normalized spacial score (nSPS) is 13.3. The first-order valence-electron chi connectivity index (χ1n) is 9.87. The standard InChI is InChI=1S/C22H28N2O2S/c1-2-3-4-5-17-6-8-19(9-7-17)23-21(25)10-11-22(26)24-14-12-20-18(16-24)13-15-27-20/h6-9,13,15H,2-5,10-12,14,16H2,1H3,(H,23,25). The maximum atomic E-state index is 12.4. The number of hydrogen-bond donors (Lipinski definition) is 1. The number of fused-ring (bicyclic) bond motifs is 1. The molecule has 1 aromatic carbocycles. The summed E-state index contributed by atoms with van der Waals surface area (Å²) in [7, 11) is 0. The first-order valence-corrected chi connectivity index (χ1v) is 10.8. The number of thiophene rings is 1. The number of nitrogens with one attached hydrogen (secondary N) is 1. The highest BCUT2D eigenvalue weighted by Crippen LogP contribution is 2.24. The van der Waals surface area contributed by atoms with Crippen molar-refractivity contribution < 1.29 is 9.59 Å². The van der Waals surface area contributed by atoms with E-state index in [-0.39, 0.29) is 24.7 Å². The molecule has 144 valence electrons. The van der Waals surface area contributed by atoms with Crippen molar-refractivity contribution in [2.45, 2.75) is 58.4 Å². The summed E-state index contributed by atoms with van der Waals surface area (Å²) in [4.78, 5) is 27.8. The van der Waals surface area contributed by atoms with Crippen LogP contribution in [0, 0.1) is 0 Å². The lowest BCUT2D eigenvalue weighted by molar-refractivity contribution is -0.133. The topological polar surface area (TPSA) is 49.4 Å². The van der Waals surface area contributed by atoms with E-state index in [0.717, 1.165) is 25.1 Å². The van der Waals surface area contributed by atoms with Crippen molar-refractivity contribution in [2.24, 2.45) is 0 Å². The molecule has 5 heteroatoms. The van der Waals surface area contributed by atoms with Crippen LogP contribution in [0.15, 0.2) is 35.7 Å². The van der Waals surface area contributed by atoms with Gasteiger partial charge in [-0.3, -0.25) is 9.59 Å². The average molecular weight is 385 g/mol. The molecule has 2 heterocycles. The molecule has 1 aliphatic heterocycles. The van der Waals surface area contributed by atoms with Crippen LogP contribution in [0.4, 0.5) is 5.69 Å². The predicted molar refractivity (Wildman–Crippen MR) is 111 cm³/mol. The fraction of sp³-hybridized carbons (Fsp3) is 0.455. The quantitative estimate of drug-likeness (QED) is 0.666. The number of amides is 2. The summed E-state index contributed by atoms with van der Waals surface area (Å²) in [5, 5.41) is 4.98. The third kappa shape index (κ3) is 5.67. The van der Waals surface area contributed by atoms with Crippen LogP contribution in [0.5, 0.6) is 0 Å². The predicted octanol–water partition coefficient (Wildman–Crippen LogP) is 4.78. The molecule has 0 saturated heterocycles. The summed E-state index contributed by atoms with van der Waals surface area (Å²) in [5.74, 6) is -0.0383. The van der Waals surface area contributed by atoms with Gasteiger partial charge in [0.05, 0.1) is 0 Å². The molecule has 1 aromatic heterocycles. The Kier molecular flexibility index (Phi) is 7.04. The molecule has 0 fully saturated rings. The van der Waals surface area contributed by atoms with Crippen molar-refractivity contribution in [3.05, 3.63) is 51.7 Å². The maximum Gasteiger partial charge on any atom is 0.224 e. The Morgan fingerprint density at radius 2 is 1.93 bits per heavy atom. The smallest absolute Gasteiger partial charge is 0.224 e. The lowest BCUT2D eigenvalue weighted by Gasteiger charge is -2.27. The molecule has 27 heavy (non-hydrogen) atoms.